The van der Waals surface area contributed by atoms with Crippen LogP contribution >= 0.6 is 11.3 Å². The van der Waals surface area contributed by atoms with Gasteiger partial charge in [0, 0.05) is 6.54 Å². The van der Waals surface area contributed by atoms with Crippen LogP contribution in [0.4, 0.5) is 9.93 Å². The molecule has 2 amide bonds. The number of aromatic nitrogens is 2. The van der Waals surface area contributed by atoms with Crippen LogP contribution in [0.5, 0.6) is 0 Å². The standard InChI is InChI=1S/C9H16N4O2S/c1-6(2)3-7(14)4-10-8(15)12-9-13-11-5-16-9/h5-7,14H,3-4H2,1-2H3,(H2,10,12,13,15)/t7-/m0/s1. The minimum atomic E-state index is -0.514. The summed E-state index contributed by atoms with van der Waals surface area (Å²) in [7, 11) is 0. The number of anilines is 1. The Balaban J connectivity index is 2.20. The van der Waals surface area contributed by atoms with Crippen molar-refractivity contribution < 1.29 is 9.90 Å². The van der Waals surface area contributed by atoms with E-state index in [-0.39, 0.29) is 12.6 Å². The second-order valence-electron chi connectivity index (χ2n) is 3.86. The van der Waals surface area contributed by atoms with Crippen molar-refractivity contribution in [2.45, 2.75) is 26.4 Å². The highest BCUT2D eigenvalue weighted by Crippen LogP contribution is 2.07. The summed E-state index contributed by atoms with van der Waals surface area (Å²) in [6.07, 6.45) is 0.152. The van der Waals surface area contributed by atoms with Gasteiger partial charge in [-0.1, -0.05) is 25.2 Å². The second kappa shape index (κ2) is 6.39. The normalized spacial score (nSPS) is 12.5. The quantitative estimate of drug-likeness (QED) is 0.723. The largest absolute Gasteiger partial charge is 0.391 e. The molecule has 0 unspecified atom stereocenters. The van der Waals surface area contributed by atoms with E-state index in [9.17, 15) is 9.90 Å². The van der Waals surface area contributed by atoms with Crippen molar-refractivity contribution in [3.05, 3.63) is 5.51 Å². The fraction of sp³-hybridized carbons (Fsp3) is 0.667. The number of rotatable bonds is 5. The third kappa shape index (κ3) is 5.04. The van der Waals surface area contributed by atoms with Crippen LogP contribution in [-0.2, 0) is 0 Å². The molecule has 0 aliphatic rings. The summed E-state index contributed by atoms with van der Waals surface area (Å²) in [5.74, 6) is 0.406. The zero-order chi connectivity index (χ0) is 12.0. The lowest BCUT2D eigenvalue weighted by molar-refractivity contribution is 0.148. The van der Waals surface area contributed by atoms with E-state index < -0.39 is 6.10 Å². The van der Waals surface area contributed by atoms with Crippen LogP contribution in [0.2, 0.25) is 0 Å². The van der Waals surface area contributed by atoms with Crippen molar-refractivity contribution >= 4 is 22.5 Å². The summed E-state index contributed by atoms with van der Waals surface area (Å²) in [5.41, 5.74) is 1.53. The molecule has 16 heavy (non-hydrogen) atoms. The number of urea groups is 1. The van der Waals surface area contributed by atoms with Gasteiger partial charge in [-0.05, 0) is 12.3 Å². The molecule has 0 saturated carbocycles. The summed E-state index contributed by atoms with van der Waals surface area (Å²) in [5, 5.41) is 22.3. The van der Waals surface area contributed by atoms with Crippen molar-refractivity contribution in [2.75, 3.05) is 11.9 Å². The molecule has 0 aromatic carbocycles. The molecule has 90 valence electrons. The number of hydrogen-bond donors (Lipinski definition) is 3. The minimum absolute atomic E-state index is 0.239. The van der Waals surface area contributed by atoms with Gasteiger partial charge in [-0.2, -0.15) is 0 Å². The molecular weight excluding hydrogens is 228 g/mol. The van der Waals surface area contributed by atoms with Crippen LogP contribution in [0.1, 0.15) is 20.3 Å². The SMILES string of the molecule is CC(C)C[C@H](O)CNC(=O)Nc1nncs1. The van der Waals surface area contributed by atoms with Gasteiger partial charge in [0.1, 0.15) is 5.51 Å². The number of aliphatic hydroxyl groups is 1. The number of aliphatic hydroxyl groups excluding tert-OH is 1. The van der Waals surface area contributed by atoms with Crippen molar-refractivity contribution in [3.8, 4) is 0 Å². The van der Waals surface area contributed by atoms with E-state index in [1.165, 1.54) is 16.8 Å². The lowest BCUT2D eigenvalue weighted by atomic mass is 10.1. The molecule has 1 rings (SSSR count). The topological polar surface area (TPSA) is 87.1 Å². The van der Waals surface area contributed by atoms with Gasteiger partial charge in [-0.15, -0.1) is 10.2 Å². The van der Waals surface area contributed by atoms with Crippen LogP contribution in [-0.4, -0.2) is 34.0 Å². The van der Waals surface area contributed by atoms with Crippen LogP contribution in [0, 0.1) is 5.92 Å². The molecule has 0 aliphatic heterocycles. The number of nitrogens with zero attached hydrogens (tertiary/aromatic N) is 2. The maximum absolute atomic E-state index is 11.3. The molecule has 3 N–H and O–H groups in total. The van der Waals surface area contributed by atoms with Gasteiger partial charge < -0.3 is 10.4 Å². The maximum Gasteiger partial charge on any atom is 0.321 e. The average molecular weight is 244 g/mol. The number of amides is 2. The van der Waals surface area contributed by atoms with Gasteiger partial charge in [0.25, 0.3) is 0 Å². The first-order valence-corrected chi connectivity index (χ1v) is 5.95. The molecular formula is C9H16N4O2S. The lowest BCUT2D eigenvalue weighted by Crippen LogP contribution is -2.35. The first kappa shape index (κ1) is 12.9. The Morgan fingerprint density at radius 3 is 2.94 bits per heavy atom. The highest BCUT2D eigenvalue weighted by Gasteiger charge is 2.09. The van der Waals surface area contributed by atoms with Gasteiger partial charge in [-0.3, -0.25) is 5.32 Å². The van der Waals surface area contributed by atoms with Crippen LogP contribution in [0.3, 0.4) is 0 Å². The summed E-state index contributed by atoms with van der Waals surface area (Å²) in [4.78, 5) is 11.3. The van der Waals surface area contributed by atoms with E-state index in [1.807, 2.05) is 13.8 Å². The molecule has 0 aliphatic carbocycles. The van der Waals surface area contributed by atoms with E-state index in [4.69, 9.17) is 0 Å². The fourth-order valence-electron chi connectivity index (χ4n) is 1.21. The van der Waals surface area contributed by atoms with E-state index >= 15 is 0 Å². The summed E-state index contributed by atoms with van der Waals surface area (Å²) >= 11 is 1.24. The molecule has 1 aromatic rings. The predicted octanol–water partition coefficient (Wildman–Crippen LogP) is 1.07. The van der Waals surface area contributed by atoms with E-state index in [0.717, 1.165) is 0 Å². The number of carbonyl (C=O) groups is 1. The summed E-state index contributed by atoms with van der Waals surface area (Å²) in [6, 6.07) is -0.375. The molecule has 0 bridgehead atoms. The van der Waals surface area contributed by atoms with Crippen molar-refractivity contribution in [2.24, 2.45) is 5.92 Å². The van der Waals surface area contributed by atoms with E-state index in [2.05, 4.69) is 20.8 Å². The minimum Gasteiger partial charge on any atom is -0.391 e. The molecule has 0 saturated heterocycles. The Hall–Kier alpha value is -1.21. The van der Waals surface area contributed by atoms with Gasteiger partial charge >= 0.3 is 6.03 Å². The number of carbonyl (C=O) groups excluding carboxylic acids is 1. The third-order valence-corrected chi connectivity index (χ3v) is 2.43. The molecule has 1 heterocycles. The van der Waals surface area contributed by atoms with Gasteiger partial charge in [0.2, 0.25) is 5.13 Å². The van der Waals surface area contributed by atoms with Crippen molar-refractivity contribution in [1.29, 1.82) is 0 Å². The maximum atomic E-state index is 11.3. The van der Waals surface area contributed by atoms with E-state index in [0.29, 0.717) is 17.5 Å². The van der Waals surface area contributed by atoms with Gasteiger partial charge in [0.05, 0.1) is 6.10 Å². The van der Waals surface area contributed by atoms with Crippen LogP contribution in [0.15, 0.2) is 5.51 Å². The Labute approximate surface area is 98.1 Å². The monoisotopic (exact) mass is 244 g/mol. The smallest absolute Gasteiger partial charge is 0.321 e. The van der Waals surface area contributed by atoms with Crippen molar-refractivity contribution in [1.82, 2.24) is 15.5 Å². The van der Waals surface area contributed by atoms with E-state index in [1.54, 1.807) is 0 Å². The zero-order valence-electron chi connectivity index (χ0n) is 9.30. The number of hydrogen-bond acceptors (Lipinski definition) is 5. The Kier molecular flexibility index (Phi) is 5.13. The summed E-state index contributed by atoms with van der Waals surface area (Å²) < 4.78 is 0. The molecule has 1 aromatic heterocycles. The Bertz CT molecular complexity index is 315. The van der Waals surface area contributed by atoms with Gasteiger partial charge in [0.15, 0.2) is 0 Å². The molecule has 0 fully saturated rings. The second-order valence-corrected chi connectivity index (χ2v) is 4.70. The fourth-order valence-corrected chi connectivity index (χ4v) is 1.65. The van der Waals surface area contributed by atoms with Gasteiger partial charge in [-0.25, -0.2) is 4.79 Å². The van der Waals surface area contributed by atoms with Crippen LogP contribution < -0.4 is 10.6 Å². The van der Waals surface area contributed by atoms with Crippen molar-refractivity contribution in [3.63, 3.8) is 0 Å². The molecule has 6 nitrogen and oxygen atoms in total. The number of nitrogens with one attached hydrogen (secondary N) is 2. The molecule has 1 atom stereocenters. The predicted molar refractivity (Wildman–Crippen MR) is 62.4 cm³/mol. The third-order valence-electron chi connectivity index (χ3n) is 1.82. The highest BCUT2D eigenvalue weighted by molar-refractivity contribution is 7.13. The Morgan fingerprint density at radius 1 is 1.62 bits per heavy atom. The first-order valence-electron chi connectivity index (χ1n) is 5.07. The average Bonchev–Trinajstić information content (AvgIpc) is 2.66. The highest BCUT2D eigenvalue weighted by atomic mass is 32.1. The zero-order valence-corrected chi connectivity index (χ0v) is 10.1. The van der Waals surface area contributed by atoms with Crippen LogP contribution in [0.25, 0.3) is 0 Å². The lowest BCUT2D eigenvalue weighted by Gasteiger charge is -2.13. The first-order chi connectivity index (χ1) is 7.58. The molecule has 7 heteroatoms. The molecule has 0 spiro atoms. The Morgan fingerprint density at radius 2 is 2.38 bits per heavy atom. The molecule has 0 radical (unpaired) electrons. The summed E-state index contributed by atoms with van der Waals surface area (Å²) in [6.45, 7) is 4.28.